The second kappa shape index (κ2) is 10.3. The van der Waals surface area contributed by atoms with Crippen LogP contribution in [0.1, 0.15) is 121 Å². The van der Waals surface area contributed by atoms with E-state index >= 15 is 0 Å². The molecule has 4 heteroatoms. The van der Waals surface area contributed by atoms with Gasteiger partial charge in [-0.05, 0) is 173 Å². The first-order chi connectivity index (χ1) is 20.1. The normalized spacial score (nSPS) is 40.3. The SMILES string of the molecule is Cc1ccccc1[C@H](N[S@](=O)C(C)(C)C)c1ccccc1P(C12CC3CC(CC(C3)C1)C2)C12CC3CC(CC(C3)C1)C2. The van der Waals surface area contributed by atoms with E-state index in [1.807, 2.05) is 0 Å². The van der Waals surface area contributed by atoms with Crippen LogP contribution in [0.2, 0.25) is 0 Å². The summed E-state index contributed by atoms with van der Waals surface area (Å²) in [5, 5.41) is 2.74. The molecule has 8 aliphatic rings. The second-order valence-electron chi connectivity index (χ2n) is 17.0. The highest BCUT2D eigenvalue weighted by Gasteiger charge is 2.63. The number of hydrogen-bond acceptors (Lipinski definition) is 1. The van der Waals surface area contributed by atoms with Gasteiger partial charge in [-0.15, -0.1) is 0 Å². The molecule has 8 saturated carbocycles. The largest absolute Gasteiger partial charge is 0.242 e. The van der Waals surface area contributed by atoms with Crippen LogP contribution in [0.3, 0.4) is 0 Å². The molecule has 0 saturated heterocycles. The molecule has 2 aromatic carbocycles. The zero-order valence-electron chi connectivity index (χ0n) is 26.4. The van der Waals surface area contributed by atoms with Crippen molar-refractivity contribution in [1.29, 1.82) is 0 Å². The van der Waals surface area contributed by atoms with Gasteiger partial charge >= 0.3 is 0 Å². The van der Waals surface area contributed by atoms with Crippen molar-refractivity contribution in [2.45, 2.75) is 126 Å². The Bertz CT molecular complexity index is 1260. The van der Waals surface area contributed by atoms with Gasteiger partial charge in [0, 0.05) is 0 Å². The Morgan fingerprint density at radius 1 is 0.690 bits per heavy atom. The smallest absolute Gasteiger partial charge is 0.0979 e. The minimum atomic E-state index is -1.16. The molecule has 8 fully saturated rings. The topological polar surface area (TPSA) is 29.1 Å². The minimum Gasteiger partial charge on any atom is -0.242 e. The fourth-order valence-corrected chi connectivity index (χ4v) is 18.3. The van der Waals surface area contributed by atoms with Crippen LogP contribution in [0.5, 0.6) is 0 Å². The summed E-state index contributed by atoms with van der Waals surface area (Å²) in [6.07, 6.45) is 18.1. The molecule has 0 aromatic heterocycles. The van der Waals surface area contributed by atoms with Gasteiger partial charge in [0.15, 0.2) is 0 Å². The van der Waals surface area contributed by atoms with Crippen molar-refractivity contribution >= 4 is 24.2 Å². The van der Waals surface area contributed by atoms with E-state index in [2.05, 4.69) is 80.9 Å². The minimum absolute atomic E-state index is 0.0460. The molecule has 0 aliphatic heterocycles. The fourth-order valence-electron chi connectivity index (χ4n) is 12.1. The molecule has 42 heavy (non-hydrogen) atoms. The van der Waals surface area contributed by atoms with Gasteiger partial charge in [0.2, 0.25) is 0 Å². The molecule has 0 heterocycles. The van der Waals surface area contributed by atoms with E-state index in [0.29, 0.717) is 10.3 Å². The maximum atomic E-state index is 13.9. The summed E-state index contributed by atoms with van der Waals surface area (Å²) < 4.78 is 17.3. The molecule has 2 atom stereocenters. The van der Waals surface area contributed by atoms with Gasteiger partial charge in [-0.1, -0.05) is 56.5 Å². The fraction of sp³-hybridized carbons (Fsp3) is 0.684. The van der Waals surface area contributed by atoms with Gasteiger partial charge < -0.3 is 0 Å². The van der Waals surface area contributed by atoms with E-state index in [1.165, 1.54) is 93.7 Å². The summed E-state index contributed by atoms with van der Waals surface area (Å²) in [4.78, 5) is 0. The van der Waals surface area contributed by atoms with Gasteiger partial charge in [-0.25, -0.2) is 8.93 Å². The van der Waals surface area contributed by atoms with Gasteiger partial charge in [0.1, 0.15) is 0 Å². The standard InChI is InChI=1S/C38H52NOPS/c1-25-9-5-6-10-32(25)35(39-42(40)36(2,3)4)33-11-7-8-12-34(33)41(37-19-26-13-27(20-37)15-28(14-26)21-37)38-22-29-16-30(23-38)18-31(17-29)24-38/h5-12,26-31,35,39H,13-24H2,1-4H3/t26?,27?,28?,29?,30?,31?,35-,37?,38?,41?,42+/m0/s1. The lowest BCUT2D eigenvalue weighted by molar-refractivity contribution is 0.0195. The maximum Gasteiger partial charge on any atom is 0.0979 e. The van der Waals surface area contributed by atoms with Crippen LogP contribution in [-0.2, 0) is 11.0 Å². The number of hydrogen-bond donors (Lipinski definition) is 1. The molecule has 0 amide bonds. The van der Waals surface area contributed by atoms with Crippen LogP contribution in [0.15, 0.2) is 48.5 Å². The molecule has 8 aliphatic carbocycles. The molecule has 0 radical (unpaired) electrons. The highest BCUT2D eigenvalue weighted by atomic mass is 32.2. The molecule has 1 N–H and O–H groups in total. The summed E-state index contributed by atoms with van der Waals surface area (Å²) >= 11 is 0. The van der Waals surface area contributed by atoms with Crippen LogP contribution in [0.4, 0.5) is 0 Å². The van der Waals surface area contributed by atoms with Crippen molar-refractivity contribution in [3.05, 3.63) is 65.2 Å². The Morgan fingerprint density at radius 2 is 1.10 bits per heavy atom. The molecule has 10 rings (SSSR count). The van der Waals surface area contributed by atoms with E-state index < -0.39 is 11.0 Å². The van der Waals surface area contributed by atoms with Crippen molar-refractivity contribution in [2.75, 3.05) is 0 Å². The molecule has 8 bridgehead atoms. The Labute approximate surface area is 259 Å². The van der Waals surface area contributed by atoms with Crippen molar-refractivity contribution in [3.8, 4) is 0 Å². The quantitative estimate of drug-likeness (QED) is 0.315. The molecular formula is C38H52NOPS. The zero-order chi connectivity index (χ0) is 28.9. The van der Waals surface area contributed by atoms with E-state index in [1.54, 1.807) is 5.30 Å². The van der Waals surface area contributed by atoms with Crippen LogP contribution in [0, 0.1) is 42.4 Å². The third-order valence-electron chi connectivity index (χ3n) is 12.7. The van der Waals surface area contributed by atoms with Gasteiger partial charge in [-0.2, -0.15) is 0 Å². The summed E-state index contributed by atoms with van der Waals surface area (Å²) in [6.45, 7) is 8.56. The Balaban J connectivity index is 1.31. The first-order valence-electron chi connectivity index (χ1n) is 17.2. The molecule has 0 unspecified atom stereocenters. The lowest BCUT2D eigenvalue weighted by Gasteiger charge is -2.67. The molecule has 2 nitrogen and oxygen atoms in total. The molecule has 2 aromatic rings. The highest BCUT2D eigenvalue weighted by molar-refractivity contribution is 7.84. The van der Waals surface area contributed by atoms with E-state index in [-0.39, 0.29) is 18.7 Å². The van der Waals surface area contributed by atoms with Crippen molar-refractivity contribution in [3.63, 3.8) is 0 Å². The van der Waals surface area contributed by atoms with Crippen molar-refractivity contribution in [2.24, 2.45) is 35.5 Å². The monoisotopic (exact) mass is 601 g/mol. The van der Waals surface area contributed by atoms with Gasteiger partial charge in [0.05, 0.1) is 21.8 Å². The Hall–Kier alpha value is -1.02. The first kappa shape index (κ1) is 28.5. The van der Waals surface area contributed by atoms with Crippen LogP contribution in [-0.4, -0.2) is 19.3 Å². The first-order valence-corrected chi connectivity index (χ1v) is 19.7. The third kappa shape index (κ3) is 4.73. The average Bonchev–Trinajstić information content (AvgIpc) is 2.90. The Kier molecular flexibility index (Phi) is 6.94. The average molecular weight is 602 g/mol. The van der Waals surface area contributed by atoms with Crippen LogP contribution in [0.25, 0.3) is 0 Å². The van der Waals surface area contributed by atoms with E-state index in [0.717, 1.165) is 35.5 Å². The Morgan fingerprint density at radius 3 is 1.52 bits per heavy atom. The van der Waals surface area contributed by atoms with Crippen LogP contribution < -0.4 is 10.0 Å². The molecule has 0 spiro atoms. The second-order valence-corrected chi connectivity index (χ2v) is 22.0. The summed E-state index contributed by atoms with van der Waals surface area (Å²) in [5.74, 6) is 5.84. The predicted octanol–water partition coefficient (Wildman–Crippen LogP) is 9.18. The maximum absolute atomic E-state index is 13.9. The summed E-state index contributed by atoms with van der Waals surface area (Å²) in [6, 6.07) is 18.5. The zero-order valence-corrected chi connectivity index (χ0v) is 28.1. The van der Waals surface area contributed by atoms with E-state index in [9.17, 15) is 4.21 Å². The summed E-state index contributed by atoms with van der Waals surface area (Å²) in [7, 11) is -1.51. The number of rotatable bonds is 7. The highest BCUT2D eigenvalue weighted by Crippen LogP contribution is 2.78. The lowest BCUT2D eigenvalue weighted by Crippen LogP contribution is -2.58. The van der Waals surface area contributed by atoms with Crippen molar-refractivity contribution < 1.29 is 4.21 Å². The number of nitrogens with one attached hydrogen (secondary N) is 1. The number of benzene rings is 2. The predicted molar refractivity (Wildman–Crippen MR) is 179 cm³/mol. The number of aryl methyl sites for hydroxylation is 1. The summed E-state index contributed by atoms with van der Waals surface area (Å²) in [5.41, 5.74) is 4.04. The molecule has 226 valence electrons. The van der Waals surface area contributed by atoms with Crippen molar-refractivity contribution in [1.82, 2.24) is 4.72 Å². The van der Waals surface area contributed by atoms with E-state index in [4.69, 9.17) is 0 Å². The van der Waals surface area contributed by atoms with Gasteiger partial charge in [0.25, 0.3) is 0 Å². The lowest BCUT2D eigenvalue weighted by atomic mass is 9.55. The third-order valence-corrected chi connectivity index (χ3v) is 18.2. The van der Waals surface area contributed by atoms with Crippen LogP contribution >= 0.6 is 7.92 Å². The molecular weight excluding hydrogens is 549 g/mol. The van der Waals surface area contributed by atoms with Gasteiger partial charge in [-0.3, -0.25) is 0 Å².